The number of carboxylic acid groups (broad SMARTS) is 1. The van der Waals surface area contributed by atoms with Gasteiger partial charge in [-0.25, -0.2) is 0 Å². The van der Waals surface area contributed by atoms with Gasteiger partial charge in [-0.3, -0.25) is 9.48 Å². The summed E-state index contributed by atoms with van der Waals surface area (Å²) in [7, 11) is 0. The van der Waals surface area contributed by atoms with Gasteiger partial charge in [-0.15, -0.1) is 0 Å². The van der Waals surface area contributed by atoms with E-state index in [0.717, 1.165) is 29.4 Å². The minimum absolute atomic E-state index is 0.0428. The van der Waals surface area contributed by atoms with Gasteiger partial charge in [0.2, 0.25) is 0 Å². The van der Waals surface area contributed by atoms with E-state index in [2.05, 4.69) is 16.7 Å². The average molecular weight is 274 g/mol. The quantitative estimate of drug-likeness (QED) is 0.922. The lowest BCUT2D eigenvalue weighted by atomic mass is 9.54. The third-order valence-corrected chi connectivity index (χ3v) is 5.76. The van der Waals surface area contributed by atoms with E-state index >= 15 is 0 Å². The minimum atomic E-state index is -0.792. The molecule has 4 aliphatic rings. The second kappa shape index (κ2) is 4.34. The van der Waals surface area contributed by atoms with E-state index < -0.39 is 5.97 Å². The molecule has 0 spiro atoms. The van der Waals surface area contributed by atoms with Crippen molar-refractivity contribution >= 4 is 5.97 Å². The van der Waals surface area contributed by atoms with Crippen LogP contribution in [0.5, 0.6) is 0 Å². The van der Waals surface area contributed by atoms with Crippen molar-refractivity contribution in [3.8, 4) is 0 Å². The number of carboxylic acids is 1. The number of rotatable bonds is 3. The summed E-state index contributed by atoms with van der Waals surface area (Å²) in [6.45, 7) is 2.07. The van der Waals surface area contributed by atoms with Gasteiger partial charge in [-0.2, -0.15) is 5.10 Å². The van der Waals surface area contributed by atoms with Crippen LogP contribution in [-0.2, 0) is 11.2 Å². The topological polar surface area (TPSA) is 55.1 Å². The molecule has 0 aromatic carbocycles. The van der Waals surface area contributed by atoms with Crippen molar-refractivity contribution in [1.29, 1.82) is 0 Å². The molecular weight excluding hydrogens is 252 g/mol. The Morgan fingerprint density at radius 2 is 1.85 bits per heavy atom. The van der Waals surface area contributed by atoms with Crippen molar-refractivity contribution in [3.05, 3.63) is 17.5 Å². The monoisotopic (exact) mass is 274 g/mol. The highest BCUT2D eigenvalue weighted by Crippen LogP contribution is 2.58. The molecule has 0 aliphatic heterocycles. The molecule has 1 N–H and O–H groups in total. The first-order valence-corrected chi connectivity index (χ1v) is 7.87. The SMILES string of the molecule is Cc1cc(CC(=O)O)nn1C1C2CC3CC(C2)CC1C3. The second-order valence-electron chi connectivity index (χ2n) is 7.21. The maximum Gasteiger partial charge on any atom is 0.309 e. The van der Waals surface area contributed by atoms with Crippen molar-refractivity contribution in [2.45, 2.75) is 51.5 Å². The molecule has 1 aromatic rings. The summed E-state index contributed by atoms with van der Waals surface area (Å²) in [5.74, 6) is 2.69. The first-order valence-electron chi connectivity index (χ1n) is 7.87. The second-order valence-corrected chi connectivity index (χ2v) is 7.21. The van der Waals surface area contributed by atoms with E-state index in [4.69, 9.17) is 5.11 Å². The first kappa shape index (κ1) is 12.4. The lowest BCUT2D eigenvalue weighted by molar-refractivity contribution is -0.136. The van der Waals surface area contributed by atoms with Gasteiger partial charge in [0.05, 0.1) is 18.2 Å². The summed E-state index contributed by atoms with van der Waals surface area (Å²) in [5.41, 5.74) is 1.85. The van der Waals surface area contributed by atoms with Gasteiger partial charge in [0.25, 0.3) is 0 Å². The lowest BCUT2D eigenvalue weighted by Crippen LogP contribution is -2.46. The van der Waals surface area contributed by atoms with Crippen LogP contribution in [0.1, 0.15) is 49.5 Å². The predicted octanol–water partition coefficient (Wildman–Crippen LogP) is 2.82. The minimum Gasteiger partial charge on any atom is -0.481 e. The van der Waals surface area contributed by atoms with Crippen LogP contribution in [-0.4, -0.2) is 20.9 Å². The first-order chi connectivity index (χ1) is 9.60. The number of aromatic nitrogens is 2. The highest BCUT2D eigenvalue weighted by Gasteiger charge is 2.49. The van der Waals surface area contributed by atoms with E-state index in [1.165, 1.54) is 32.1 Å². The predicted molar refractivity (Wildman–Crippen MR) is 74.4 cm³/mol. The van der Waals surface area contributed by atoms with Crippen LogP contribution in [0.3, 0.4) is 0 Å². The number of aliphatic carboxylic acids is 1. The van der Waals surface area contributed by atoms with E-state index in [1.54, 1.807) is 0 Å². The molecule has 4 nitrogen and oxygen atoms in total. The van der Waals surface area contributed by atoms with E-state index in [0.29, 0.717) is 11.7 Å². The summed E-state index contributed by atoms with van der Waals surface area (Å²) < 4.78 is 2.17. The highest BCUT2D eigenvalue weighted by molar-refractivity contribution is 5.69. The van der Waals surface area contributed by atoms with Crippen molar-refractivity contribution < 1.29 is 9.90 Å². The van der Waals surface area contributed by atoms with Gasteiger partial charge >= 0.3 is 5.97 Å². The third kappa shape index (κ3) is 1.88. The average Bonchev–Trinajstić information content (AvgIpc) is 2.68. The molecule has 0 amide bonds. The van der Waals surface area contributed by atoms with Crippen molar-refractivity contribution in [2.24, 2.45) is 23.7 Å². The molecule has 0 radical (unpaired) electrons. The van der Waals surface area contributed by atoms with Crippen LogP contribution in [0.2, 0.25) is 0 Å². The van der Waals surface area contributed by atoms with Crippen LogP contribution in [0.15, 0.2) is 6.07 Å². The van der Waals surface area contributed by atoms with E-state index in [9.17, 15) is 4.79 Å². The fraction of sp³-hybridized carbons (Fsp3) is 0.750. The Morgan fingerprint density at radius 3 is 2.40 bits per heavy atom. The Balaban J connectivity index is 1.64. The largest absolute Gasteiger partial charge is 0.481 e. The molecule has 5 rings (SSSR count). The smallest absolute Gasteiger partial charge is 0.309 e. The Hall–Kier alpha value is -1.32. The Kier molecular flexibility index (Phi) is 2.69. The van der Waals surface area contributed by atoms with Crippen LogP contribution >= 0.6 is 0 Å². The maximum atomic E-state index is 10.9. The van der Waals surface area contributed by atoms with Crippen molar-refractivity contribution in [2.75, 3.05) is 0 Å². The number of hydrogen-bond donors (Lipinski definition) is 1. The summed E-state index contributed by atoms with van der Waals surface area (Å²) in [4.78, 5) is 10.9. The molecular formula is C16H22N2O2. The molecule has 4 fully saturated rings. The van der Waals surface area contributed by atoms with Gasteiger partial charge in [0, 0.05) is 5.69 Å². The van der Waals surface area contributed by atoms with Crippen LogP contribution in [0, 0.1) is 30.6 Å². The molecule has 1 aromatic heterocycles. The van der Waals surface area contributed by atoms with Crippen LogP contribution in [0.4, 0.5) is 0 Å². The maximum absolute atomic E-state index is 10.9. The summed E-state index contributed by atoms with van der Waals surface area (Å²) in [6.07, 6.45) is 6.97. The van der Waals surface area contributed by atoms with Crippen LogP contribution in [0.25, 0.3) is 0 Å². The number of hydrogen-bond acceptors (Lipinski definition) is 2. The Labute approximate surface area is 119 Å². The Morgan fingerprint density at radius 1 is 1.25 bits per heavy atom. The van der Waals surface area contributed by atoms with Gasteiger partial charge < -0.3 is 5.11 Å². The van der Waals surface area contributed by atoms with Gasteiger partial charge in [-0.05, 0) is 68.8 Å². The highest BCUT2D eigenvalue weighted by atomic mass is 16.4. The molecule has 0 saturated heterocycles. The van der Waals surface area contributed by atoms with Gasteiger partial charge in [0.1, 0.15) is 0 Å². The zero-order valence-electron chi connectivity index (χ0n) is 12.0. The lowest BCUT2D eigenvalue weighted by Gasteiger charge is -2.54. The van der Waals surface area contributed by atoms with E-state index in [1.807, 2.05) is 6.07 Å². The Bertz CT molecular complexity index is 521. The van der Waals surface area contributed by atoms with E-state index in [-0.39, 0.29) is 6.42 Å². The molecule has 4 aliphatic carbocycles. The zero-order valence-corrected chi connectivity index (χ0v) is 12.0. The summed E-state index contributed by atoms with van der Waals surface area (Å²) in [6, 6.07) is 2.49. The molecule has 4 bridgehead atoms. The molecule has 20 heavy (non-hydrogen) atoms. The molecule has 0 atom stereocenters. The van der Waals surface area contributed by atoms with Crippen molar-refractivity contribution in [3.63, 3.8) is 0 Å². The molecule has 0 unspecified atom stereocenters. The molecule has 4 heteroatoms. The number of aryl methyl sites for hydroxylation is 1. The van der Waals surface area contributed by atoms with Crippen LogP contribution < -0.4 is 0 Å². The third-order valence-electron chi connectivity index (χ3n) is 5.76. The van der Waals surface area contributed by atoms with Crippen molar-refractivity contribution in [1.82, 2.24) is 9.78 Å². The fourth-order valence-corrected chi connectivity index (χ4v) is 5.39. The molecule has 1 heterocycles. The van der Waals surface area contributed by atoms with Gasteiger partial charge in [-0.1, -0.05) is 0 Å². The number of carbonyl (C=O) groups is 1. The fourth-order valence-electron chi connectivity index (χ4n) is 5.39. The molecule has 4 saturated carbocycles. The van der Waals surface area contributed by atoms with Gasteiger partial charge in [0.15, 0.2) is 0 Å². The summed E-state index contributed by atoms with van der Waals surface area (Å²) >= 11 is 0. The standard InChI is InChI=1S/C16H22N2O2/c1-9-2-14(8-15(19)20)17-18(9)16-12-4-10-3-11(6-12)7-13(16)5-10/h2,10-13,16H,3-8H2,1H3,(H,19,20). The normalized spacial score (nSPS) is 38.4. The summed E-state index contributed by atoms with van der Waals surface area (Å²) in [5, 5.41) is 13.6. The molecule has 108 valence electrons. The number of nitrogens with zero attached hydrogens (tertiary/aromatic N) is 2. The zero-order chi connectivity index (χ0) is 13.9.